The van der Waals surface area contributed by atoms with E-state index >= 15 is 0 Å². The van der Waals surface area contributed by atoms with Crippen molar-refractivity contribution in [2.24, 2.45) is 4.99 Å². The fraction of sp³-hybridized carbons (Fsp3) is 0.556. The van der Waals surface area contributed by atoms with Gasteiger partial charge >= 0.3 is 0 Å². The molecule has 5 heteroatoms. The molecule has 2 heterocycles. The van der Waals surface area contributed by atoms with Crippen LogP contribution in [0.2, 0.25) is 0 Å². The molecule has 2 rings (SSSR count). The van der Waals surface area contributed by atoms with Crippen molar-refractivity contribution in [3.8, 4) is 0 Å². The zero-order chi connectivity index (χ0) is 9.80. The molecule has 76 valence electrons. The Morgan fingerprint density at radius 3 is 3.36 bits per heavy atom. The van der Waals surface area contributed by atoms with Gasteiger partial charge in [0.2, 0.25) is 0 Å². The molecule has 0 bridgehead atoms. The van der Waals surface area contributed by atoms with Gasteiger partial charge in [0, 0.05) is 22.9 Å². The van der Waals surface area contributed by atoms with Crippen LogP contribution in [0.1, 0.15) is 18.2 Å². The summed E-state index contributed by atoms with van der Waals surface area (Å²) in [5.74, 6) is 1.18. The second kappa shape index (κ2) is 4.79. The fourth-order valence-corrected chi connectivity index (χ4v) is 2.84. The molecular weight excluding hydrogens is 214 g/mol. The third kappa shape index (κ3) is 2.72. The van der Waals surface area contributed by atoms with Crippen LogP contribution in [0, 0.1) is 0 Å². The van der Waals surface area contributed by atoms with Gasteiger partial charge in [-0.05, 0) is 13.3 Å². The van der Waals surface area contributed by atoms with Gasteiger partial charge in [-0.2, -0.15) is 0 Å². The number of thioether (sulfide) groups is 1. The number of hydrogen-bond acceptors (Lipinski definition) is 4. The van der Waals surface area contributed by atoms with Crippen LogP contribution in [0.5, 0.6) is 0 Å². The largest absolute Gasteiger partial charge is 0.362 e. The van der Waals surface area contributed by atoms with Crippen molar-refractivity contribution in [3.63, 3.8) is 0 Å². The first-order valence-electron chi connectivity index (χ1n) is 4.66. The average molecular weight is 227 g/mol. The highest BCUT2D eigenvalue weighted by Crippen LogP contribution is 2.15. The van der Waals surface area contributed by atoms with E-state index in [9.17, 15) is 0 Å². The lowest BCUT2D eigenvalue weighted by Crippen LogP contribution is -2.35. The van der Waals surface area contributed by atoms with Crippen LogP contribution in [0.4, 0.5) is 0 Å². The lowest BCUT2D eigenvalue weighted by atomic mass is 10.3. The molecule has 1 N–H and O–H groups in total. The van der Waals surface area contributed by atoms with Gasteiger partial charge < -0.3 is 5.32 Å². The average Bonchev–Trinajstić information content (AvgIpc) is 2.67. The van der Waals surface area contributed by atoms with Gasteiger partial charge in [0.25, 0.3) is 0 Å². The molecule has 1 fully saturated rings. The summed E-state index contributed by atoms with van der Waals surface area (Å²) in [6, 6.07) is 0.566. The predicted molar refractivity (Wildman–Crippen MR) is 62.9 cm³/mol. The third-order valence-corrected chi connectivity index (χ3v) is 3.75. The van der Waals surface area contributed by atoms with E-state index in [0.717, 1.165) is 11.7 Å². The topological polar surface area (TPSA) is 37.3 Å². The molecule has 1 aromatic rings. The van der Waals surface area contributed by atoms with Gasteiger partial charge in [0.05, 0.1) is 12.1 Å². The minimum atomic E-state index is 0.566. The van der Waals surface area contributed by atoms with Crippen molar-refractivity contribution in [2.75, 3.05) is 5.75 Å². The highest BCUT2D eigenvalue weighted by atomic mass is 32.2. The molecule has 1 atom stereocenters. The molecule has 3 nitrogen and oxygen atoms in total. The standard InChI is InChI=1S/C9H13N3S2/c1-7-2-3-13-9(12-7)11-5-8-4-10-6-14-8/h4,6-7H,2-3,5H2,1H3,(H,11,12). The fourth-order valence-electron chi connectivity index (χ4n) is 1.22. The highest BCUT2D eigenvalue weighted by Gasteiger charge is 2.12. The molecule has 0 aliphatic carbocycles. The van der Waals surface area contributed by atoms with E-state index in [-0.39, 0.29) is 0 Å². The van der Waals surface area contributed by atoms with Crippen LogP contribution < -0.4 is 5.32 Å². The normalized spacial score (nSPS) is 24.9. The predicted octanol–water partition coefficient (Wildman–Crippen LogP) is 2.11. The summed E-state index contributed by atoms with van der Waals surface area (Å²) in [4.78, 5) is 9.76. The van der Waals surface area contributed by atoms with Crippen LogP contribution >= 0.6 is 23.1 Å². The van der Waals surface area contributed by atoms with Gasteiger partial charge in [0.15, 0.2) is 5.17 Å². The van der Waals surface area contributed by atoms with E-state index in [4.69, 9.17) is 0 Å². The number of aromatic nitrogens is 1. The van der Waals surface area contributed by atoms with Crippen LogP contribution in [-0.4, -0.2) is 21.9 Å². The summed E-state index contributed by atoms with van der Waals surface area (Å²) in [5.41, 5.74) is 1.85. The maximum Gasteiger partial charge on any atom is 0.157 e. The van der Waals surface area contributed by atoms with Crippen molar-refractivity contribution in [1.82, 2.24) is 10.3 Å². The summed E-state index contributed by atoms with van der Waals surface area (Å²) in [5, 5.41) is 4.46. The van der Waals surface area contributed by atoms with Gasteiger partial charge in [-0.25, -0.2) is 0 Å². The Morgan fingerprint density at radius 1 is 1.71 bits per heavy atom. The smallest absolute Gasteiger partial charge is 0.157 e. The molecule has 14 heavy (non-hydrogen) atoms. The van der Waals surface area contributed by atoms with Crippen LogP contribution in [0.15, 0.2) is 16.7 Å². The van der Waals surface area contributed by atoms with E-state index in [0.29, 0.717) is 6.04 Å². The summed E-state index contributed by atoms with van der Waals surface area (Å²) < 4.78 is 0. The molecule has 0 amide bonds. The summed E-state index contributed by atoms with van der Waals surface area (Å²) >= 11 is 3.47. The number of aliphatic imine (C=N–C) groups is 1. The number of amidine groups is 1. The lowest BCUT2D eigenvalue weighted by Gasteiger charge is -2.21. The van der Waals surface area contributed by atoms with E-state index in [1.165, 1.54) is 17.1 Å². The first-order chi connectivity index (χ1) is 6.84. The number of hydrogen-bond donors (Lipinski definition) is 1. The second-order valence-electron chi connectivity index (χ2n) is 3.27. The maximum absolute atomic E-state index is 4.52. The van der Waals surface area contributed by atoms with Crippen molar-refractivity contribution < 1.29 is 0 Å². The molecular formula is C9H13N3S2. The zero-order valence-electron chi connectivity index (χ0n) is 8.06. The number of nitrogens with one attached hydrogen (secondary N) is 1. The molecule has 0 aromatic carbocycles. The summed E-state index contributed by atoms with van der Waals surface area (Å²) in [6.45, 7) is 2.95. The van der Waals surface area contributed by atoms with E-state index in [1.807, 2.05) is 23.5 Å². The maximum atomic E-state index is 4.52. The van der Waals surface area contributed by atoms with E-state index in [1.54, 1.807) is 11.3 Å². The van der Waals surface area contributed by atoms with E-state index < -0.39 is 0 Å². The van der Waals surface area contributed by atoms with Crippen LogP contribution in [-0.2, 0) is 6.54 Å². The van der Waals surface area contributed by atoms with Gasteiger partial charge in [-0.15, -0.1) is 11.3 Å². The molecule has 0 spiro atoms. The Balaban J connectivity index is 1.91. The molecule has 1 saturated heterocycles. The quantitative estimate of drug-likeness (QED) is 0.841. The van der Waals surface area contributed by atoms with Crippen molar-refractivity contribution >= 4 is 28.3 Å². The van der Waals surface area contributed by atoms with Crippen molar-refractivity contribution in [2.45, 2.75) is 25.9 Å². The number of thiazole rings is 1. The van der Waals surface area contributed by atoms with Gasteiger partial charge in [-0.1, -0.05) is 11.8 Å². The van der Waals surface area contributed by atoms with Gasteiger partial charge in [-0.3, -0.25) is 9.98 Å². The first-order valence-corrected chi connectivity index (χ1v) is 6.52. The number of nitrogens with zero attached hydrogens (tertiary/aromatic N) is 2. The molecule has 0 radical (unpaired) electrons. The molecule has 1 aliphatic rings. The summed E-state index contributed by atoms with van der Waals surface area (Å²) in [7, 11) is 0. The minimum Gasteiger partial charge on any atom is -0.362 e. The van der Waals surface area contributed by atoms with Crippen molar-refractivity contribution in [1.29, 1.82) is 0 Å². The zero-order valence-corrected chi connectivity index (χ0v) is 9.70. The molecule has 1 aromatic heterocycles. The van der Waals surface area contributed by atoms with Crippen LogP contribution in [0.3, 0.4) is 0 Å². The monoisotopic (exact) mass is 227 g/mol. The molecule has 1 unspecified atom stereocenters. The first kappa shape index (κ1) is 9.98. The SMILES string of the molecule is CC1CCSC(=NCc2cncs2)N1. The Bertz CT molecular complexity index is 308. The summed E-state index contributed by atoms with van der Waals surface area (Å²) in [6.07, 6.45) is 3.11. The lowest BCUT2D eigenvalue weighted by molar-refractivity contribution is 0.642. The molecule has 1 aliphatic heterocycles. The molecule has 0 saturated carbocycles. The van der Waals surface area contributed by atoms with Crippen molar-refractivity contribution in [3.05, 3.63) is 16.6 Å². The highest BCUT2D eigenvalue weighted by molar-refractivity contribution is 8.13. The number of rotatable bonds is 2. The second-order valence-corrected chi connectivity index (χ2v) is 5.33. The minimum absolute atomic E-state index is 0.566. The Labute approximate surface area is 92.0 Å². The Morgan fingerprint density at radius 2 is 2.64 bits per heavy atom. The van der Waals surface area contributed by atoms with Crippen LogP contribution in [0.25, 0.3) is 0 Å². The van der Waals surface area contributed by atoms with E-state index in [2.05, 4.69) is 22.2 Å². The Kier molecular flexibility index (Phi) is 3.42. The third-order valence-electron chi connectivity index (χ3n) is 2.02. The van der Waals surface area contributed by atoms with Gasteiger partial charge in [0.1, 0.15) is 0 Å². The Hall–Kier alpha value is -0.550.